The number of nitrogens with one attached hydrogen (secondary N) is 1. The van der Waals surface area contributed by atoms with Crippen LogP contribution < -0.4 is 5.32 Å². The Labute approximate surface area is 102 Å². The average Bonchev–Trinajstić information content (AvgIpc) is 2.39. The standard InChI is InChI=1S/C16H17N/c1-12-7-8-13-9-10-17-16(15(13)11-12)14-5-3-2-4-6-14/h2-8,11,16-17H,9-10H2,1H3/t16-/m1/s1. The van der Waals surface area contributed by atoms with Crippen LogP contribution in [0.25, 0.3) is 0 Å². The van der Waals surface area contributed by atoms with Crippen LogP contribution in [-0.2, 0) is 6.42 Å². The molecule has 1 atom stereocenters. The van der Waals surface area contributed by atoms with E-state index in [1.807, 2.05) is 0 Å². The molecule has 0 spiro atoms. The molecule has 0 radical (unpaired) electrons. The Morgan fingerprint density at radius 1 is 1.06 bits per heavy atom. The first kappa shape index (κ1) is 10.5. The molecule has 1 aliphatic rings. The second-order valence-electron chi connectivity index (χ2n) is 4.75. The van der Waals surface area contributed by atoms with Gasteiger partial charge < -0.3 is 5.32 Å². The molecule has 1 aliphatic heterocycles. The highest BCUT2D eigenvalue weighted by molar-refractivity contribution is 5.41. The van der Waals surface area contributed by atoms with E-state index in [9.17, 15) is 0 Å². The van der Waals surface area contributed by atoms with Crippen molar-refractivity contribution in [1.29, 1.82) is 0 Å². The average molecular weight is 223 g/mol. The van der Waals surface area contributed by atoms with E-state index < -0.39 is 0 Å². The van der Waals surface area contributed by atoms with Crippen molar-refractivity contribution in [2.45, 2.75) is 19.4 Å². The van der Waals surface area contributed by atoms with Crippen LogP contribution in [0.4, 0.5) is 0 Å². The normalized spacial score (nSPS) is 18.8. The summed E-state index contributed by atoms with van der Waals surface area (Å²) in [6.45, 7) is 3.23. The van der Waals surface area contributed by atoms with Gasteiger partial charge in [0.15, 0.2) is 0 Å². The van der Waals surface area contributed by atoms with Crippen LogP contribution in [0.15, 0.2) is 48.5 Å². The molecule has 2 aromatic rings. The van der Waals surface area contributed by atoms with E-state index in [1.54, 1.807) is 0 Å². The van der Waals surface area contributed by atoms with Crippen LogP contribution in [0.5, 0.6) is 0 Å². The minimum Gasteiger partial charge on any atom is -0.306 e. The van der Waals surface area contributed by atoms with Crippen LogP contribution in [0.1, 0.15) is 28.3 Å². The molecule has 0 saturated heterocycles. The Kier molecular flexibility index (Phi) is 2.69. The number of hydrogen-bond acceptors (Lipinski definition) is 1. The zero-order valence-corrected chi connectivity index (χ0v) is 10.1. The fourth-order valence-corrected chi connectivity index (χ4v) is 2.61. The highest BCUT2D eigenvalue weighted by Crippen LogP contribution is 2.29. The first-order valence-corrected chi connectivity index (χ1v) is 6.22. The van der Waals surface area contributed by atoms with Crippen LogP contribution in [0, 0.1) is 6.92 Å². The maximum absolute atomic E-state index is 3.62. The monoisotopic (exact) mass is 223 g/mol. The van der Waals surface area contributed by atoms with Crippen LogP contribution >= 0.6 is 0 Å². The van der Waals surface area contributed by atoms with Crippen LogP contribution in [0.3, 0.4) is 0 Å². The van der Waals surface area contributed by atoms with Gasteiger partial charge in [-0.1, -0.05) is 54.1 Å². The van der Waals surface area contributed by atoms with Crippen molar-refractivity contribution in [2.24, 2.45) is 0 Å². The third kappa shape index (κ3) is 1.98. The fourth-order valence-electron chi connectivity index (χ4n) is 2.61. The Morgan fingerprint density at radius 3 is 2.71 bits per heavy atom. The van der Waals surface area contributed by atoms with Crippen molar-refractivity contribution in [3.63, 3.8) is 0 Å². The van der Waals surface area contributed by atoms with Gasteiger partial charge in [-0.25, -0.2) is 0 Å². The summed E-state index contributed by atoms with van der Waals surface area (Å²) in [7, 11) is 0. The Balaban J connectivity index is 2.08. The third-order valence-electron chi connectivity index (χ3n) is 3.49. The van der Waals surface area contributed by atoms with E-state index in [0.29, 0.717) is 6.04 Å². The molecule has 0 saturated carbocycles. The van der Waals surface area contributed by atoms with Crippen LogP contribution in [0.2, 0.25) is 0 Å². The Morgan fingerprint density at radius 2 is 1.88 bits per heavy atom. The predicted octanol–water partition coefficient (Wildman–Crippen LogP) is 3.23. The van der Waals surface area contributed by atoms with Gasteiger partial charge in [0, 0.05) is 6.54 Å². The summed E-state index contributed by atoms with van der Waals surface area (Å²) < 4.78 is 0. The van der Waals surface area contributed by atoms with Gasteiger partial charge in [0.05, 0.1) is 6.04 Å². The molecule has 86 valence electrons. The lowest BCUT2D eigenvalue weighted by atomic mass is 9.89. The smallest absolute Gasteiger partial charge is 0.0579 e. The maximum atomic E-state index is 3.62. The number of fused-ring (bicyclic) bond motifs is 1. The molecule has 1 nitrogen and oxygen atoms in total. The quantitative estimate of drug-likeness (QED) is 0.782. The van der Waals surface area contributed by atoms with E-state index in [1.165, 1.54) is 22.3 Å². The van der Waals surface area contributed by atoms with E-state index in [-0.39, 0.29) is 0 Å². The van der Waals surface area contributed by atoms with Crippen molar-refractivity contribution in [3.05, 3.63) is 70.8 Å². The van der Waals surface area contributed by atoms with Crippen LogP contribution in [-0.4, -0.2) is 6.54 Å². The molecular formula is C16H17N. The minimum atomic E-state index is 0.361. The predicted molar refractivity (Wildman–Crippen MR) is 71.2 cm³/mol. The Hall–Kier alpha value is -1.60. The third-order valence-corrected chi connectivity index (χ3v) is 3.49. The molecule has 17 heavy (non-hydrogen) atoms. The number of aryl methyl sites for hydroxylation is 1. The van der Waals surface area contributed by atoms with Gasteiger partial charge in [-0.05, 0) is 30.0 Å². The molecule has 0 aliphatic carbocycles. The first-order chi connectivity index (χ1) is 8.34. The summed E-state index contributed by atoms with van der Waals surface area (Å²) in [5, 5.41) is 3.62. The van der Waals surface area contributed by atoms with Gasteiger partial charge in [0.2, 0.25) is 0 Å². The molecule has 1 N–H and O–H groups in total. The number of hydrogen-bond donors (Lipinski definition) is 1. The Bertz CT molecular complexity index is 516. The molecule has 0 unspecified atom stereocenters. The largest absolute Gasteiger partial charge is 0.306 e. The number of benzene rings is 2. The molecule has 1 heteroatoms. The summed E-state index contributed by atoms with van der Waals surface area (Å²) in [6, 6.07) is 17.9. The van der Waals surface area contributed by atoms with Gasteiger partial charge in [0.1, 0.15) is 0 Å². The summed E-state index contributed by atoms with van der Waals surface area (Å²) in [5.74, 6) is 0. The molecule has 0 fully saturated rings. The molecular weight excluding hydrogens is 206 g/mol. The van der Waals surface area contributed by atoms with Crippen molar-refractivity contribution in [3.8, 4) is 0 Å². The van der Waals surface area contributed by atoms with Gasteiger partial charge >= 0.3 is 0 Å². The lowest BCUT2D eigenvalue weighted by Crippen LogP contribution is -2.30. The summed E-state index contributed by atoms with van der Waals surface area (Å²) >= 11 is 0. The van der Waals surface area contributed by atoms with Crippen molar-refractivity contribution in [2.75, 3.05) is 6.54 Å². The molecule has 0 aromatic heterocycles. The zero-order chi connectivity index (χ0) is 11.7. The topological polar surface area (TPSA) is 12.0 Å². The first-order valence-electron chi connectivity index (χ1n) is 6.22. The molecule has 0 bridgehead atoms. The molecule has 3 rings (SSSR count). The van der Waals surface area contributed by atoms with Gasteiger partial charge in [-0.2, -0.15) is 0 Å². The van der Waals surface area contributed by atoms with Gasteiger partial charge in [0.25, 0.3) is 0 Å². The second kappa shape index (κ2) is 4.34. The zero-order valence-electron chi connectivity index (χ0n) is 10.1. The van der Waals surface area contributed by atoms with E-state index in [4.69, 9.17) is 0 Å². The van der Waals surface area contributed by atoms with E-state index >= 15 is 0 Å². The van der Waals surface area contributed by atoms with E-state index in [0.717, 1.165) is 13.0 Å². The maximum Gasteiger partial charge on any atom is 0.0579 e. The lowest BCUT2D eigenvalue weighted by Gasteiger charge is -2.27. The van der Waals surface area contributed by atoms with E-state index in [2.05, 4.69) is 60.8 Å². The molecule has 0 amide bonds. The summed E-state index contributed by atoms with van der Waals surface area (Å²) in [6.07, 6.45) is 1.14. The van der Waals surface area contributed by atoms with Gasteiger partial charge in [-0.15, -0.1) is 0 Å². The highest BCUT2D eigenvalue weighted by atomic mass is 14.9. The molecule has 1 heterocycles. The van der Waals surface area contributed by atoms with Gasteiger partial charge in [-0.3, -0.25) is 0 Å². The van der Waals surface area contributed by atoms with Crippen molar-refractivity contribution >= 4 is 0 Å². The fraction of sp³-hybridized carbons (Fsp3) is 0.250. The minimum absolute atomic E-state index is 0.361. The second-order valence-corrected chi connectivity index (χ2v) is 4.75. The lowest BCUT2D eigenvalue weighted by molar-refractivity contribution is 0.567. The molecule has 2 aromatic carbocycles. The SMILES string of the molecule is Cc1ccc2c(c1)[C@@H](c1ccccc1)NCC2. The summed E-state index contributed by atoms with van der Waals surface area (Å²) in [5.41, 5.74) is 5.64. The van der Waals surface area contributed by atoms with Crippen molar-refractivity contribution in [1.82, 2.24) is 5.32 Å². The summed E-state index contributed by atoms with van der Waals surface area (Å²) in [4.78, 5) is 0. The highest BCUT2D eigenvalue weighted by Gasteiger charge is 2.20. The van der Waals surface area contributed by atoms with Crippen molar-refractivity contribution < 1.29 is 0 Å². The number of rotatable bonds is 1.